The van der Waals surface area contributed by atoms with Crippen LogP contribution in [0.25, 0.3) is 11.4 Å². The summed E-state index contributed by atoms with van der Waals surface area (Å²) >= 11 is 0. The van der Waals surface area contributed by atoms with E-state index in [1.165, 1.54) is 6.07 Å². The molecule has 2 heterocycles. The summed E-state index contributed by atoms with van der Waals surface area (Å²) in [5.74, 6) is -1.14. The molecule has 27 heavy (non-hydrogen) atoms. The van der Waals surface area contributed by atoms with Gasteiger partial charge in [0, 0.05) is 36.3 Å². The third-order valence-corrected chi connectivity index (χ3v) is 4.90. The van der Waals surface area contributed by atoms with Crippen LogP contribution in [0, 0.1) is 18.6 Å². The zero-order chi connectivity index (χ0) is 19.0. The van der Waals surface area contributed by atoms with E-state index >= 15 is 0 Å². The fourth-order valence-corrected chi connectivity index (χ4v) is 3.39. The summed E-state index contributed by atoms with van der Waals surface area (Å²) < 4.78 is 27.4. The summed E-state index contributed by atoms with van der Waals surface area (Å²) in [6.45, 7) is 3.29. The topological polar surface area (TPSA) is 49.0 Å². The molecular weight excluding hydrogens is 348 g/mol. The van der Waals surface area contributed by atoms with Crippen molar-refractivity contribution in [2.45, 2.75) is 26.4 Å². The number of hydrogen-bond acceptors (Lipinski definition) is 3. The molecule has 1 aliphatic heterocycles. The van der Waals surface area contributed by atoms with Crippen molar-refractivity contribution >= 4 is 0 Å². The molecule has 0 saturated heterocycles. The molecule has 1 N–H and O–H groups in total. The van der Waals surface area contributed by atoms with Crippen LogP contribution >= 0.6 is 0 Å². The van der Waals surface area contributed by atoms with Gasteiger partial charge in [-0.05, 0) is 19.4 Å². The number of rotatable bonds is 3. The van der Waals surface area contributed by atoms with Crippen LogP contribution in [0.5, 0.6) is 0 Å². The van der Waals surface area contributed by atoms with Crippen LogP contribution < -0.4 is 5.56 Å². The van der Waals surface area contributed by atoms with E-state index in [1.54, 1.807) is 6.07 Å². The van der Waals surface area contributed by atoms with E-state index in [4.69, 9.17) is 0 Å². The Labute approximate surface area is 155 Å². The molecule has 0 aliphatic carbocycles. The first-order chi connectivity index (χ1) is 13.0. The Morgan fingerprint density at radius 1 is 1.15 bits per heavy atom. The molecule has 4 nitrogen and oxygen atoms in total. The first kappa shape index (κ1) is 17.5. The minimum Gasteiger partial charge on any atom is -0.306 e. The van der Waals surface area contributed by atoms with Gasteiger partial charge in [0.2, 0.25) is 0 Å². The summed E-state index contributed by atoms with van der Waals surface area (Å²) in [7, 11) is 0. The molecule has 3 aromatic rings. The standard InChI is InChI=1S/C21H19F2N3O/c1-13-5-7-14(8-6-13)20-24-18-12-26(10-9-16(18)21(27)25-20)11-15-3-2-4-17(22)19(15)23/h2-8H,9-12H2,1H3,(H,24,25,27). The molecule has 1 aliphatic rings. The van der Waals surface area contributed by atoms with Crippen molar-refractivity contribution in [2.24, 2.45) is 0 Å². The minimum atomic E-state index is -0.846. The van der Waals surface area contributed by atoms with Crippen LogP contribution in [-0.2, 0) is 19.5 Å². The number of H-pyrrole nitrogens is 1. The zero-order valence-electron chi connectivity index (χ0n) is 14.9. The molecule has 0 atom stereocenters. The quantitative estimate of drug-likeness (QED) is 0.770. The van der Waals surface area contributed by atoms with Gasteiger partial charge in [0.15, 0.2) is 11.6 Å². The maximum atomic E-state index is 14.0. The number of nitrogens with one attached hydrogen (secondary N) is 1. The lowest BCUT2D eigenvalue weighted by Gasteiger charge is -2.27. The number of benzene rings is 2. The number of aryl methyl sites for hydroxylation is 1. The number of nitrogens with zero attached hydrogens (tertiary/aromatic N) is 2. The van der Waals surface area contributed by atoms with Gasteiger partial charge < -0.3 is 4.98 Å². The van der Waals surface area contributed by atoms with Gasteiger partial charge in [0.1, 0.15) is 5.82 Å². The minimum absolute atomic E-state index is 0.132. The predicted molar refractivity (Wildman–Crippen MR) is 99.2 cm³/mol. The normalized spacial score (nSPS) is 14.2. The second-order valence-electron chi connectivity index (χ2n) is 6.88. The van der Waals surface area contributed by atoms with Crippen LogP contribution in [0.1, 0.15) is 22.4 Å². The molecule has 6 heteroatoms. The first-order valence-corrected chi connectivity index (χ1v) is 8.85. The van der Waals surface area contributed by atoms with E-state index < -0.39 is 11.6 Å². The highest BCUT2D eigenvalue weighted by Crippen LogP contribution is 2.21. The van der Waals surface area contributed by atoms with Crippen molar-refractivity contribution in [3.63, 3.8) is 0 Å². The molecule has 0 fully saturated rings. The van der Waals surface area contributed by atoms with Crippen LogP contribution in [0.4, 0.5) is 8.78 Å². The maximum Gasteiger partial charge on any atom is 0.254 e. The smallest absolute Gasteiger partial charge is 0.254 e. The highest BCUT2D eigenvalue weighted by Gasteiger charge is 2.22. The van der Waals surface area contributed by atoms with Crippen molar-refractivity contribution in [2.75, 3.05) is 6.54 Å². The van der Waals surface area contributed by atoms with Crippen molar-refractivity contribution in [1.29, 1.82) is 0 Å². The summed E-state index contributed by atoms with van der Waals surface area (Å²) in [6, 6.07) is 12.0. The van der Waals surface area contributed by atoms with Crippen LogP contribution in [0.3, 0.4) is 0 Å². The van der Waals surface area contributed by atoms with E-state index in [1.807, 2.05) is 36.1 Å². The van der Waals surface area contributed by atoms with E-state index in [0.29, 0.717) is 42.2 Å². The molecule has 0 spiro atoms. The Morgan fingerprint density at radius 2 is 1.93 bits per heavy atom. The number of aromatic nitrogens is 2. The Kier molecular flexibility index (Phi) is 4.58. The van der Waals surface area contributed by atoms with Gasteiger partial charge >= 0.3 is 0 Å². The predicted octanol–water partition coefficient (Wildman–Crippen LogP) is 3.58. The second kappa shape index (κ2) is 7.04. The molecule has 0 saturated carbocycles. The highest BCUT2D eigenvalue weighted by atomic mass is 19.2. The van der Waals surface area contributed by atoms with Crippen molar-refractivity contribution < 1.29 is 8.78 Å². The Balaban J connectivity index is 1.62. The largest absolute Gasteiger partial charge is 0.306 e. The van der Waals surface area contributed by atoms with Crippen molar-refractivity contribution in [3.05, 3.63) is 86.8 Å². The van der Waals surface area contributed by atoms with Gasteiger partial charge in [-0.1, -0.05) is 42.0 Å². The second-order valence-corrected chi connectivity index (χ2v) is 6.88. The molecule has 2 aromatic carbocycles. The number of fused-ring (bicyclic) bond motifs is 1. The van der Waals surface area contributed by atoms with Crippen LogP contribution in [0.2, 0.25) is 0 Å². The van der Waals surface area contributed by atoms with E-state index in [9.17, 15) is 13.6 Å². The lowest BCUT2D eigenvalue weighted by Crippen LogP contribution is -2.35. The molecule has 0 bridgehead atoms. The molecule has 0 unspecified atom stereocenters. The summed E-state index contributed by atoms with van der Waals surface area (Å²) in [6.07, 6.45) is 0.531. The molecule has 0 amide bonds. The van der Waals surface area contributed by atoms with Gasteiger partial charge in [-0.3, -0.25) is 9.69 Å². The highest BCUT2D eigenvalue weighted by molar-refractivity contribution is 5.55. The van der Waals surface area contributed by atoms with Gasteiger partial charge in [-0.15, -0.1) is 0 Å². The molecule has 1 aromatic heterocycles. The van der Waals surface area contributed by atoms with E-state index in [-0.39, 0.29) is 12.1 Å². The SMILES string of the molecule is Cc1ccc(-c2nc3c(c(=O)[nH]2)CCN(Cc2cccc(F)c2F)C3)cc1. The number of halogens is 2. The molecular formula is C21H19F2N3O. The van der Waals surface area contributed by atoms with Crippen LogP contribution in [-0.4, -0.2) is 21.4 Å². The van der Waals surface area contributed by atoms with Crippen molar-refractivity contribution in [1.82, 2.24) is 14.9 Å². The molecule has 138 valence electrons. The molecule has 4 rings (SSSR count). The van der Waals surface area contributed by atoms with Gasteiger partial charge in [0.25, 0.3) is 5.56 Å². The van der Waals surface area contributed by atoms with Crippen molar-refractivity contribution in [3.8, 4) is 11.4 Å². The fraction of sp³-hybridized carbons (Fsp3) is 0.238. The summed E-state index contributed by atoms with van der Waals surface area (Å²) in [4.78, 5) is 21.9. The lowest BCUT2D eigenvalue weighted by molar-refractivity contribution is 0.236. The maximum absolute atomic E-state index is 14.0. The fourth-order valence-electron chi connectivity index (χ4n) is 3.39. The van der Waals surface area contributed by atoms with Gasteiger partial charge in [-0.2, -0.15) is 0 Å². The third-order valence-electron chi connectivity index (χ3n) is 4.90. The first-order valence-electron chi connectivity index (χ1n) is 8.85. The Hall–Kier alpha value is -2.86. The van der Waals surface area contributed by atoms with Crippen LogP contribution in [0.15, 0.2) is 47.3 Å². The average molecular weight is 367 g/mol. The van der Waals surface area contributed by atoms with Gasteiger partial charge in [-0.25, -0.2) is 13.8 Å². The number of hydrogen-bond donors (Lipinski definition) is 1. The summed E-state index contributed by atoms with van der Waals surface area (Å²) in [5.41, 5.74) is 3.50. The Morgan fingerprint density at radius 3 is 2.70 bits per heavy atom. The molecule has 0 radical (unpaired) electrons. The number of aromatic amines is 1. The monoisotopic (exact) mass is 367 g/mol. The lowest BCUT2D eigenvalue weighted by atomic mass is 10.0. The van der Waals surface area contributed by atoms with E-state index in [0.717, 1.165) is 17.2 Å². The van der Waals surface area contributed by atoms with Gasteiger partial charge in [0.05, 0.1) is 5.69 Å². The Bertz CT molecular complexity index is 1040. The van der Waals surface area contributed by atoms with E-state index in [2.05, 4.69) is 9.97 Å². The summed E-state index contributed by atoms with van der Waals surface area (Å²) in [5, 5.41) is 0. The zero-order valence-corrected chi connectivity index (χ0v) is 14.9. The third kappa shape index (κ3) is 3.53. The average Bonchev–Trinajstić information content (AvgIpc) is 2.66.